The van der Waals surface area contributed by atoms with Crippen LogP contribution in [-0.4, -0.2) is 27.0 Å². The number of nitrogens with one attached hydrogen (secondary N) is 1. The topological polar surface area (TPSA) is 85.3 Å². The molecule has 6 nitrogen and oxygen atoms in total. The summed E-state index contributed by atoms with van der Waals surface area (Å²) >= 11 is 6.12. The van der Waals surface area contributed by atoms with Gasteiger partial charge in [-0.15, -0.1) is 0 Å². The molecule has 4 rings (SSSR count). The second kappa shape index (κ2) is 8.78. The molecule has 0 saturated carbocycles. The first-order valence-corrected chi connectivity index (χ1v) is 9.73. The van der Waals surface area contributed by atoms with Gasteiger partial charge in [-0.3, -0.25) is 4.79 Å². The molecule has 148 valence electrons. The fourth-order valence-corrected chi connectivity index (χ4v) is 3.16. The standard InChI is InChI=1S/C23H18ClN5O/c24-18-9-5-8-17(14-18)19-15-26-29-13-11-21(27-22(19)29)23(30)28-20-10-2-1-6-16(20)7-3-4-12-25/h1-2,5-6,8-11,13-15H,4,12,25H2,(H,28,30). The second-order valence-corrected chi connectivity index (χ2v) is 6.93. The molecule has 30 heavy (non-hydrogen) atoms. The Kier molecular flexibility index (Phi) is 5.75. The number of carbonyl (C=O) groups excluding carboxylic acids is 1. The van der Waals surface area contributed by atoms with Crippen molar-refractivity contribution in [1.29, 1.82) is 0 Å². The predicted octanol–water partition coefficient (Wildman–Crippen LogP) is 4.00. The van der Waals surface area contributed by atoms with E-state index in [9.17, 15) is 4.79 Å². The Morgan fingerprint density at radius 1 is 1.17 bits per heavy atom. The van der Waals surface area contributed by atoms with Crippen molar-refractivity contribution < 1.29 is 4.79 Å². The van der Waals surface area contributed by atoms with Gasteiger partial charge >= 0.3 is 0 Å². The maximum Gasteiger partial charge on any atom is 0.274 e. The molecule has 2 aromatic carbocycles. The number of amides is 1. The number of anilines is 1. The first kappa shape index (κ1) is 19.6. The zero-order valence-corrected chi connectivity index (χ0v) is 16.7. The third-order valence-corrected chi connectivity index (χ3v) is 4.64. The van der Waals surface area contributed by atoms with Crippen molar-refractivity contribution in [3.8, 4) is 23.0 Å². The van der Waals surface area contributed by atoms with Crippen molar-refractivity contribution in [1.82, 2.24) is 14.6 Å². The van der Waals surface area contributed by atoms with Crippen molar-refractivity contribution in [3.05, 3.63) is 83.3 Å². The van der Waals surface area contributed by atoms with E-state index >= 15 is 0 Å². The molecular weight excluding hydrogens is 398 g/mol. The van der Waals surface area contributed by atoms with Crippen LogP contribution in [0.25, 0.3) is 16.8 Å². The zero-order valence-electron chi connectivity index (χ0n) is 16.0. The van der Waals surface area contributed by atoms with Crippen LogP contribution in [0.1, 0.15) is 22.5 Å². The molecule has 3 N–H and O–H groups in total. The maximum absolute atomic E-state index is 12.9. The predicted molar refractivity (Wildman–Crippen MR) is 118 cm³/mol. The number of hydrogen-bond donors (Lipinski definition) is 2. The summed E-state index contributed by atoms with van der Waals surface area (Å²) in [6.07, 6.45) is 4.00. The molecule has 1 amide bonds. The summed E-state index contributed by atoms with van der Waals surface area (Å²) in [5.41, 5.74) is 9.35. The van der Waals surface area contributed by atoms with E-state index in [1.807, 2.05) is 36.4 Å². The largest absolute Gasteiger partial charge is 0.330 e. The minimum atomic E-state index is -0.330. The lowest BCUT2D eigenvalue weighted by atomic mass is 10.1. The quantitative estimate of drug-likeness (QED) is 0.493. The van der Waals surface area contributed by atoms with Crippen LogP contribution in [0.5, 0.6) is 0 Å². The third kappa shape index (κ3) is 4.18. The minimum absolute atomic E-state index is 0.274. The number of fused-ring (bicyclic) bond motifs is 1. The number of benzene rings is 2. The van der Waals surface area contributed by atoms with E-state index in [2.05, 4.69) is 27.2 Å². The number of carbonyl (C=O) groups is 1. The van der Waals surface area contributed by atoms with Gasteiger partial charge in [0.1, 0.15) is 5.69 Å². The van der Waals surface area contributed by atoms with E-state index in [1.54, 1.807) is 35.1 Å². The highest BCUT2D eigenvalue weighted by Gasteiger charge is 2.14. The number of hydrogen-bond acceptors (Lipinski definition) is 4. The van der Waals surface area contributed by atoms with Gasteiger partial charge in [0.2, 0.25) is 0 Å². The Morgan fingerprint density at radius 2 is 2.03 bits per heavy atom. The molecule has 0 aliphatic carbocycles. The number of nitrogens with two attached hydrogens (primary N) is 1. The van der Waals surface area contributed by atoms with E-state index in [4.69, 9.17) is 17.3 Å². The summed E-state index contributed by atoms with van der Waals surface area (Å²) in [7, 11) is 0. The SMILES string of the molecule is NCCC#Cc1ccccc1NC(=O)c1ccn2ncc(-c3cccc(Cl)c3)c2n1. The molecule has 0 radical (unpaired) electrons. The Hall–Kier alpha value is -3.66. The summed E-state index contributed by atoms with van der Waals surface area (Å²) < 4.78 is 1.62. The van der Waals surface area contributed by atoms with Crippen molar-refractivity contribution in [3.63, 3.8) is 0 Å². The van der Waals surface area contributed by atoms with Gasteiger partial charge in [0.05, 0.1) is 11.9 Å². The smallest absolute Gasteiger partial charge is 0.274 e. The number of nitrogens with zero attached hydrogens (tertiary/aromatic N) is 3. The summed E-state index contributed by atoms with van der Waals surface area (Å²) in [6.45, 7) is 0.492. The molecule has 2 aromatic heterocycles. The lowest BCUT2D eigenvalue weighted by molar-refractivity contribution is 0.102. The van der Waals surface area contributed by atoms with Crippen molar-refractivity contribution >= 4 is 28.8 Å². The fourth-order valence-electron chi connectivity index (χ4n) is 2.97. The molecular formula is C23H18ClN5O. The van der Waals surface area contributed by atoms with Gasteiger partial charge in [-0.05, 0) is 35.9 Å². The van der Waals surface area contributed by atoms with Crippen molar-refractivity contribution in [2.75, 3.05) is 11.9 Å². The molecule has 0 aliphatic heterocycles. The lowest BCUT2D eigenvalue weighted by Gasteiger charge is -2.08. The zero-order chi connectivity index (χ0) is 20.9. The van der Waals surface area contributed by atoms with Crippen molar-refractivity contribution in [2.45, 2.75) is 6.42 Å². The highest BCUT2D eigenvalue weighted by molar-refractivity contribution is 6.30. The van der Waals surface area contributed by atoms with Crippen molar-refractivity contribution in [2.24, 2.45) is 5.73 Å². The maximum atomic E-state index is 12.9. The average Bonchev–Trinajstić information content (AvgIpc) is 3.18. The van der Waals surface area contributed by atoms with Crippen LogP contribution in [0.3, 0.4) is 0 Å². The molecule has 4 aromatic rings. The number of para-hydroxylation sites is 1. The molecule has 0 saturated heterocycles. The van der Waals surface area contributed by atoms with Crippen LogP contribution in [0.4, 0.5) is 5.69 Å². The van der Waals surface area contributed by atoms with Crippen LogP contribution in [0.2, 0.25) is 5.02 Å². The monoisotopic (exact) mass is 415 g/mol. The van der Waals surface area contributed by atoms with E-state index in [1.165, 1.54) is 0 Å². The van der Waals surface area contributed by atoms with E-state index in [0.717, 1.165) is 16.7 Å². The number of halogens is 1. The summed E-state index contributed by atoms with van der Waals surface area (Å²) in [5.74, 6) is 5.70. The van der Waals surface area contributed by atoms with Gasteiger partial charge in [0.15, 0.2) is 5.65 Å². The van der Waals surface area contributed by atoms with Crippen LogP contribution in [-0.2, 0) is 0 Å². The summed E-state index contributed by atoms with van der Waals surface area (Å²) in [5, 5.41) is 7.83. The Balaban J connectivity index is 1.65. The van der Waals surface area contributed by atoms with Gasteiger partial charge in [-0.1, -0.05) is 47.7 Å². The van der Waals surface area contributed by atoms with Crippen LogP contribution in [0, 0.1) is 11.8 Å². The van der Waals surface area contributed by atoms with Crippen LogP contribution < -0.4 is 11.1 Å². The van der Waals surface area contributed by atoms with Gasteiger partial charge in [0.25, 0.3) is 5.91 Å². The van der Waals surface area contributed by atoms with Gasteiger partial charge < -0.3 is 11.1 Å². The molecule has 0 aliphatic rings. The first-order chi connectivity index (χ1) is 14.7. The van der Waals surface area contributed by atoms with Crippen LogP contribution in [0.15, 0.2) is 67.0 Å². The minimum Gasteiger partial charge on any atom is -0.330 e. The normalized spacial score (nSPS) is 10.5. The highest BCUT2D eigenvalue weighted by atomic mass is 35.5. The van der Waals surface area contributed by atoms with Gasteiger partial charge in [-0.2, -0.15) is 5.10 Å². The van der Waals surface area contributed by atoms with Crippen LogP contribution >= 0.6 is 11.6 Å². The molecule has 7 heteroatoms. The van der Waals surface area contributed by atoms with E-state index in [-0.39, 0.29) is 11.6 Å². The third-order valence-electron chi connectivity index (χ3n) is 4.41. The van der Waals surface area contributed by atoms with Gasteiger partial charge in [0, 0.05) is 35.3 Å². The van der Waals surface area contributed by atoms with Gasteiger partial charge in [-0.25, -0.2) is 9.50 Å². The first-order valence-electron chi connectivity index (χ1n) is 9.35. The molecule has 0 spiro atoms. The lowest BCUT2D eigenvalue weighted by Crippen LogP contribution is -2.15. The van der Waals surface area contributed by atoms with E-state index in [0.29, 0.717) is 29.3 Å². The molecule has 0 fully saturated rings. The molecule has 2 heterocycles. The molecule has 0 atom stereocenters. The van der Waals surface area contributed by atoms with E-state index < -0.39 is 0 Å². The molecule has 0 bridgehead atoms. The Labute approximate surface area is 178 Å². The fraction of sp³-hybridized carbons (Fsp3) is 0.0870. The highest BCUT2D eigenvalue weighted by Crippen LogP contribution is 2.26. The average molecular weight is 416 g/mol. The summed E-state index contributed by atoms with van der Waals surface area (Å²) in [6, 6.07) is 16.4. The molecule has 0 unspecified atom stereocenters. The number of rotatable bonds is 4. The second-order valence-electron chi connectivity index (χ2n) is 6.49. The Bertz CT molecular complexity index is 1290. The number of aromatic nitrogens is 3. The summed E-state index contributed by atoms with van der Waals surface area (Å²) in [4.78, 5) is 17.4. The Morgan fingerprint density at radius 3 is 2.87 bits per heavy atom.